The van der Waals surface area contributed by atoms with Gasteiger partial charge in [0.2, 0.25) is 0 Å². The van der Waals surface area contributed by atoms with Gasteiger partial charge < -0.3 is 10.2 Å². The van der Waals surface area contributed by atoms with E-state index in [0.29, 0.717) is 11.4 Å². The van der Waals surface area contributed by atoms with Crippen LogP contribution in [-0.4, -0.2) is 33.9 Å². The molecule has 0 bridgehead atoms. The molecular formula is C14H15N5O. The molecule has 1 aliphatic rings. The van der Waals surface area contributed by atoms with Crippen LogP contribution in [0.15, 0.2) is 36.9 Å². The second kappa shape index (κ2) is 5.64. The van der Waals surface area contributed by atoms with E-state index in [1.165, 1.54) is 19.2 Å². The second-order valence-corrected chi connectivity index (χ2v) is 4.65. The number of nitrogens with zero attached hydrogens (tertiary/aromatic N) is 4. The van der Waals surface area contributed by atoms with Crippen molar-refractivity contribution in [1.29, 1.82) is 0 Å². The van der Waals surface area contributed by atoms with Crippen LogP contribution in [0, 0.1) is 0 Å². The van der Waals surface area contributed by atoms with E-state index in [1.54, 1.807) is 24.5 Å². The van der Waals surface area contributed by atoms with Crippen molar-refractivity contribution in [3.05, 3.63) is 42.5 Å². The summed E-state index contributed by atoms with van der Waals surface area (Å²) < 4.78 is 0. The molecule has 0 radical (unpaired) electrons. The predicted molar refractivity (Wildman–Crippen MR) is 75.7 cm³/mol. The summed E-state index contributed by atoms with van der Waals surface area (Å²) in [4.78, 5) is 26.5. The van der Waals surface area contributed by atoms with Gasteiger partial charge in [-0.3, -0.25) is 9.78 Å². The average molecular weight is 269 g/mol. The highest BCUT2D eigenvalue weighted by Gasteiger charge is 2.14. The highest BCUT2D eigenvalue weighted by Crippen LogP contribution is 2.19. The number of pyridine rings is 1. The molecule has 3 heterocycles. The molecule has 2 aromatic rings. The van der Waals surface area contributed by atoms with E-state index in [4.69, 9.17) is 0 Å². The first-order chi connectivity index (χ1) is 9.83. The molecule has 0 spiro atoms. The number of anilines is 2. The van der Waals surface area contributed by atoms with Gasteiger partial charge in [0.25, 0.3) is 5.91 Å². The first-order valence-corrected chi connectivity index (χ1v) is 6.61. The molecular weight excluding hydrogens is 254 g/mol. The van der Waals surface area contributed by atoms with Crippen molar-refractivity contribution < 1.29 is 4.79 Å². The zero-order valence-electron chi connectivity index (χ0n) is 11.0. The summed E-state index contributed by atoms with van der Waals surface area (Å²) >= 11 is 0. The largest absolute Gasteiger partial charge is 0.356 e. The maximum absolute atomic E-state index is 12.0. The van der Waals surface area contributed by atoms with Gasteiger partial charge >= 0.3 is 0 Å². The van der Waals surface area contributed by atoms with E-state index < -0.39 is 0 Å². The quantitative estimate of drug-likeness (QED) is 0.918. The second-order valence-electron chi connectivity index (χ2n) is 4.65. The van der Waals surface area contributed by atoms with Gasteiger partial charge in [-0.15, -0.1) is 0 Å². The highest BCUT2D eigenvalue weighted by atomic mass is 16.1. The van der Waals surface area contributed by atoms with Crippen molar-refractivity contribution in [3.63, 3.8) is 0 Å². The van der Waals surface area contributed by atoms with Crippen LogP contribution in [0.3, 0.4) is 0 Å². The number of carbonyl (C=O) groups excluding carboxylic acids is 1. The van der Waals surface area contributed by atoms with Gasteiger partial charge in [0.05, 0.1) is 0 Å². The zero-order valence-corrected chi connectivity index (χ0v) is 11.0. The summed E-state index contributed by atoms with van der Waals surface area (Å²) in [6.45, 7) is 2.02. The minimum Gasteiger partial charge on any atom is -0.356 e. The van der Waals surface area contributed by atoms with Gasteiger partial charge in [0, 0.05) is 37.1 Å². The third kappa shape index (κ3) is 2.74. The predicted octanol–water partition coefficient (Wildman–Crippen LogP) is 1.72. The van der Waals surface area contributed by atoms with Crippen LogP contribution in [0.4, 0.5) is 11.6 Å². The zero-order chi connectivity index (χ0) is 13.8. The Kier molecular flexibility index (Phi) is 3.54. The van der Waals surface area contributed by atoms with Gasteiger partial charge in [0.1, 0.15) is 18.0 Å². The SMILES string of the molecule is O=C(Nc1cc(N2CCCC2)ncn1)c1ccncc1. The molecule has 1 saturated heterocycles. The standard InChI is InChI=1S/C14H15N5O/c20-14(11-3-5-15-6-4-11)18-12-9-13(17-10-16-12)19-7-1-2-8-19/h3-6,9-10H,1-2,7-8H2,(H,16,17,18,20). The minimum atomic E-state index is -0.196. The number of rotatable bonds is 3. The van der Waals surface area contributed by atoms with E-state index in [2.05, 4.69) is 25.2 Å². The van der Waals surface area contributed by atoms with Gasteiger partial charge in [-0.1, -0.05) is 0 Å². The third-order valence-corrected chi connectivity index (χ3v) is 3.27. The molecule has 1 N–H and O–H groups in total. The Balaban J connectivity index is 1.74. The summed E-state index contributed by atoms with van der Waals surface area (Å²) in [5, 5.41) is 2.78. The summed E-state index contributed by atoms with van der Waals surface area (Å²) in [5.41, 5.74) is 0.557. The van der Waals surface area contributed by atoms with Crippen LogP contribution in [-0.2, 0) is 0 Å². The van der Waals surface area contributed by atoms with Crippen molar-refractivity contribution in [2.75, 3.05) is 23.3 Å². The Morgan fingerprint density at radius 1 is 1.15 bits per heavy atom. The molecule has 0 unspecified atom stereocenters. The molecule has 20 heavy (non-hydrogen) atoms. The fourth-order valence-electron chi connectivity index (χ4n) is 2.23. The summed E-state index contributed by atoms with van der Waals surface area (Å²) in [7, 11) is 0. The first kappa shape index (κ1) is 12.5. The lowest BCUT2D eigenvalue weighted by atomic mass is 10.2. The molecule has 0 atom stereocenters. The molecule has 1 fully saturated rings. The van der Waals surface area contributed by atoms with Gasteiger partial charge in [-0.2, -0.15) is 0 Å². The summed E-state index contributed by atoms with van der Waals surface area (Å²) in [6, 6.07) is 5.14. The van der Waals surface area contributed by atoms with Crippen LogP contribution < -0.4 is 10.2 Å². The molecule has 0 aliphatic carbocycles. The lowest BCUT2D eigenvalue weighted by Gasteiger charge is -2.16. The van der Waals surface area contributed by atoms with E-state index in [1.807, 2.05) is 6.07 Å². The highest BCUT2D eigenvalue weighted by molar-refractivity contribution is 6.03. The number of hydrogen-bond donors (Lipinski definition) is 1. The number of nitrogens with one attached hydrogen (secondary N) is 1. The van der Waals surface area contributed by atoms with Crippen molar-refractivity contribution in [2.24, 2.45) is 0 Å². The topological polar surface area (TPSA) is 71.0 Å². The minimum absolute atomic E-state index is 0.196. The van der Waals surface area contributed by atoms with E-state index >= 15 is 0 Å². The van der Waals surface area contributed by atoms with Crippen LogP contribution >= 0.6 is 0 Å². The van der Waals surface area contributed by atoms with Crippen molar-refractivity contribution in [1.82, 2.24) is 15.0 Å². The Morgan fingerprint density at radius 3 is 2.65 bits per heavy atom. The van der Waals surface area contributed by atoms with Crippen LogP contribution in [0.5, 0.6) is 0 Å². The lowest BCUT2D eigenvalue weighted by Crippen LogP contribution is -2.20. The fraction of sp³-hybridized carbons (Fsp3) is 0.286. The summed E-state index contributed by atoms with van der Waals surface area (Å²) in [5.74, 6) is 1.18. The van der Waals surface area contributed by atoms with Crippen molar-refractivity contribution >= 4 is 17.5 Å². The Hall–Kier alpha value is -2.50. The third-order valence-electron chi connectivity index (χ3n) is 3.27. The number of amides is 1. The van der Waals surface area contributed by atoms with Gasteiger partial charge in [0.15, 0.2) is 0 Å². The number of hydrogen-bond acceptors (Lipinski definition) is 5. The summed E-state index contributed by atoms with van der Waals surface area (Å²) in [6.07, 6.45) is 7.02. The molecule has 0 saturated carbocycles. The van der Waals surface area contributed by atoms with Crippen molar-refractivity contribution in [2.45, 2.75) is 12.8 Å². The maximum atomic E-state index is 12.0. The normalized spacial score (nSPS) is 14.3. The van der Waals surface area contributed by atoms with Crippen LogP contribution in [0.2, 0.25) is 0 Å². The van der Waals surface area contributed by atoms with E-state index in [0.717, 1.165) is 18.9 Å². The molecule has 6 nitrogen and oxygen atoms in total. The number of carbonyl (C=O) groups is 1. The molecule has 6 heteroatoms. The van der Waals surface area contributed by atoms with E-state index in [9.17, 15) is 4.79 Å². The molecule has 1 aliphatic heterocycles. The first-order valence-electron chi connectivity index (χ1n) is 6.61. The Morgan fingerprint density at radius 2 is 1.90 bits per heavy atom. The van der Waals surface area contributed by atoms with Gasteiger partial charge in [-0.25, -0.2) is 9.97 Å². The number of aromatic nitrogens is 3. The maximum Gasteiger partial charge on any atom is 0.256 e. The Labute approximate surface area is 116 Å². The van der Waals surface area contributed by atoms with E-state index in [-0.39, 0.29) is 5.91 Å². The van der Waals surface area contributed by atoms with Crippen LogP contribution in [0.1, 0.15) is 23.2 Å². The molecule has 0 aromatic carbocycles. The smallest absolute Gasteiger partial charge is 0.256 e. The monoisotopic (exact) mass is 269 g/mol. The molecule has 102 valence electrons. The molecule has 2 aromatic heterocycles. The van der Waals surface area contributed by atoms with Gasteiger partial charge in [-0.05, 0) is 25.0 Å². The average Bonchev–Trinajstić information content (AvgIpc) is 3.03. The molecule has 3 rings (SSSR count). The fourth-order valence-corrected chi connectivity index (χ4v) is 2.23. The molecule has 1 amide bonds. The van der Waals surface area contributed by atoms with Crippen molar-refractivity contribution in [3.8, 4) is 0 Å². The van der Waals surface area contributed by atoms with Crippen LogP contribution in [0.25, 0.3) is 0 Å². The Bertz CT molecular complexity index is 596. The lowest BCUT2D eigenvalue weighted by molar-refractivity contribution is 0.102.